The second-order valence-electron chi connectivity index (χ2n) is 3.88. The molecule has 0 nitrogen and oxygen atoms in total. The summed E-state index contributed by atoms with van der Waals surface area (Å²) in [7, 11) is 0. The van der Waals surface area contributed by atoms with E-state index in [9.17, 15) is 4.39 Å². The van der Waals surface area contributed by atoms with Crippen molar-refractivity contribution in [1.29, 1.82) is 0 Å². The Kier molecular flexibility index (Phi) is 2.57. The van der Waals surface area contributed by atoms with Gasteiger partial charge in [0, 0.05) is 0 Å². The van der Waals surface area contributed by atoms with Crippen molar-refractivity contribution < 1.29 is 4.39 Å². The lowest BCUT2D eigenvalue weighted by Gasteiger charge is -2.19. The highest BCUT2D eigenvalue weighted by molar-refractivity contribution is 9.10. The molecular formula is C10H12BrF. The summed E-state index contributed by atoms with van der Waals surface area (Å²) in [5.41, 5.74) is 1.21. The molecule has 1 aromatic carbocycles. The predicted octanol–water partition coefficient (Wildman–Crippen LogP) is 3.89. The summed E-state index contributed by atoms with van der Waals surface area (Å²) in [4.78, 5) is 0. The number of benzene rings is 1. The lowest BCUT2D eigenvalue weighted by molar-refractivity contribution is 0.580. The van der Waals surface area contributed by atoms with E-state index >= 15 is 0 Å². The van der Waals surface area contributed by atoms with Crippen molar-refractivity contribution in [2.45, 2.75) is 26.2 Å². The van der Waals surface area contributed by atoms with Gasteiger partial charge in [0.15, 0.2) is 0 Å². The molecule has 0 aliphatic carbocycles. The maximum absolute atomic E-state index is 12.8. The molecule has 0 spiro atoms. The first-order valence-electron chi connectivity index (χ1n) is 3.87. The van der Waals surface area contributed by atoms with E-state index in [2.05, 4.69) is 36.7 Å². The van der Waals surface area contributed by atoms with Gasteiger partial charge in [-0.25, -0.2) is 4.39 Å². The van der Waals surface area contributed by atoms with Crippen molar-refractivity contribution in [2.24, 2.45) is 0 Å². The van der Waals surface area contributed by atoms with Crippen LogP contribution < -0.4 is 0 Å². The van der Waals surface area contributed by atoms with Gasteiger partial charge < -0.3 is 0 Å². The lowest BCUT2D eigenvalue weighted by Crippen LogP contribution is -2.10. The number of halogens is 2. The van der Waals surface area contributed by atoms with Crippen molar-refractivity contribution in [3.8, 4) is 0 Å². The Labute approximate surface area is 80.9 Å². The van der Waals surface area contributed by atoms with E-state index in [1.165, 1.54) is 6.07 Å². The molecule has 0 aromatic heterocycles. The Hall–Kier alpha value is -0.370. The van der Waals surface area contributed by atoms with Crippen LogP contribution in [-0.4, -0.2) is 0 Å². The Morgan fingerprint density at radius 1 is 1.25 bits per heavy atom. The summed E-state index contributed by atoms with van der Waals surface area (Å²) in [6, 6.07) is 5.14. The van der Waals surface area contributed by atoms with E-state index < -0.39 is 0 Å². The van der Waals surface area contributed by atoms with Gasteiger partial charge >= 0.3 is 0 Å². The Morgan fingerprint density at radius 2 is 1.83 bits per heavy atom. The zero-order valence-corrected chi connectivity index (χ0v) is 9.07. The SMILES string of the molecule is CC(C)(C)c1ccc(F)c(Br)c1. The fourth-order valence-electron chi connectivity index (χ4n) is 0.963. The first-order valence-corrected chi connectivity index (χ1v) is 4.66. The fraction of sp³-hybridized carbons (Fsp3) is 0.400. The molecule has 0 aliphatic rings. The van der Waals surface area contributed by atoms with Crippen LogP contribution in [0.4, 0.5) is 4.39 Å². The third-order valence-corrected chi connectivity index (χ3v) is 2.39. The molecule has 2 heteroatoms. The van der Waals surface area contributed by atoms with Crippen molar-refractivity contribution >= 4 is 15.9 Å². The third-order valence-electron chi connectivity index (χ3n) is 1.79. The standard InChI is InChI=1S/C10H12BrF/c1-10(2,3)7-4-5-9(12)8(11)6-7/h4-6H,1-3H3. The van der Waals surface area contributed by atoms with E-state index in [1.54, 1.807) is 0 Å². The Morgan fingerprint density at radius 3 is 2.25 bits per heavy atom. The monoisotopic (exact) mass is 230 g/mol. The predicted molar refractivity (Wildman–Crippen MR) is 52.8 cm³/mol. The largest absolute Gasteiger partial charge is 0.206 e. The molecular weight excluding hydrogens is 219 g/mol. The van der Waals surface area contributed by atoms with Gasteiger partial charge in [0.05, 0.1) is 4.47 Å². The summed E-state index contributed by atoms with van der Waals surface area (Å²) in [6.07, 6.45) is 0. The maximum atomic E-state index is 12.8. The molecule has 0 radical (unpaired) electrons. The van der Waals surface area contributed by atoms with Crippen LogP contribution in [0.1, 0.15) is 26.3 Å². The molecule has 0 aliphatic heterocycles. The van der Waals surface area contributed by atoms with Crippen molar-refractivity contribution in [3.63, 3.8) is 0 Å². The number of rotatable bonds is 0. The van der Waals surface area contributed by atoms with Crippen molar-refractivity contribution in [2.75, 3.05) is 0 Å². The molecule has 0 unspecified atom stereocenters. The van der Waals surface area contributed by atoms with Gasteiger partial charge in [-0.15, -0.1) is 0 Å². The molecule has 1 rings (SSSR count). The van der Waals surface area contributed by atoms with Crippen LogP contribution in [0, 0.1) is 5.82 Å². The molecule has 0 fully saturated rings. The molecule has 0 saturated heterocycles. The molecule has 1 aromatic rings. The van der Waals surface area contributed by atoms with Gasteiger partial charge in [-0.1, -0.05) is 26.8 Å². The van der Waals surface area contributed by atoms with Crippen LogP contribution in [0.15, 0.2) is 22.7 Å². The van der Waals surface area contributed by atoms with E-state index in [1.807, 2.05) is 12.1 Å². The van der Waals surface area contributed by atoms with Gasteiger partial charge in [-0.05, 0) is 39.0 Å². The highest BCUT2D eigenvalue weighted by Crippen LogP contribution is 2.26. The average molecular weight is 231 g/mol. The average Bonchev–Trinajstić information content (AvgIpc) is 1.92. The highest BCUT2D eigenvalue weighted by Gasteiger charge is 2.14. The van der Waals surface area contributed by atoms with Crippen LogP contribution in [0.25, 0.3) is 0 Å². The van der Waals surface area contributed by atoms with Crippen LogP contribution in [0.3, 0.4) is 0 Å². The van der Waals surface area contributed by atoms with Crippen LogP contribution in [-0.2, 0) is 5.41 Å². The van der Waals surface area contributed by atoms with Gasteiger partial charge in [0.2, 0.25) is 0 Å². The van der Waals surface area contributed by atoms with Crippen LogP contribution >= 0.6 is 15.9 Å². The van der Waals surface area contributed by atoms with Gasteiger partial charge in [-0.2, -0.15) is 0 Å². The quantitative estimate of drug-likeness (QED) is 0.635. The second-order valence-corrected chi connectivity index (χ2v) is 4.73. The highest BCUT2D eigenvalue weighted by atomic mass is 79.9. The summed E-state index contributed by atoms with van der Waals surface area (Å²) in [5.74, 6) is -0.206. The Bertz CT molecular complexity index is 286. The third kappa shape index (κ3) is 2.07. The minimum Gasteiger partial charge on any atom is -0.206 e. The molecule has 0 amide bonds. The molecule has 0 saturated carbocycles. The summed E-state index contributed by atoms with van der Waals surface area (Å²) >= 11 is 3.16. The molecule has 0 atom stereocenters. The van der Waals surface area contributed by atoms with Gasteiger partial charge in [0.25, 0.3) is 0 Å². The topological polar surface area (TPSA) is 0 Å². The fourth-order valence-corrected chi connectivity index (χ4v) is 1.34. The maximum Gasteiger partial charge on any atom is 0.137 e. The van der Waals surface area contributed by atoms with Gasteiger partial charge in [-0.3, -0.25) is 0 Å². The smallest absolute Gasteiger partial charge is 0.137 e. The first-order chi connectivity index (χ1) is 5.41. The number of hydrogen-bond donors (Lipinski definition) is 0. The van der Waals surface area contributed by atoms with E-state index in [4.69, 9.17) is 0 Å². The Balaban J connectivity index is 3.14. The van der Waals surface area contributed by atoms with Gasteiger partial charge in [0.1, 0.15) is 5.82 Å². The van der Waals surface area contributed by atoms with E-state index in [0.717, 1.165) is 5.56 Å². The zero-order chi connectivity index (χ0) is 9.35. The van der Waals surface area contributed by atoms with E-state index in [-0.39, 0.29) is 11.2 Å². The number of hydrogen-bond acceptors (Lipinski definition) is 0. The first kappa shape index (κ1) is 9.72. The summed E-state index contributed by atoms with van der Waals surface area (Å²) in [6.45, 7) is 6.31. The molecule has 12 heavy (non-hydrogen) atoms. The van der Waals surface area contributed by atoms with E-state index in [0.29, 0.717) is 4.47 Å². The molecule has 0 N–H and O–H groups in total. The van der Waals surface area contributed by atoms with Crippen LogP contribution in [0.2, 0.25) is 0 Å². The van der Waals surface area contributed by atoms with Crippen molar-refractivity contribution in [3.05, 3.63) is 34.1 Å². The molecule has 66 valence electrons. The minimum absolute atomic E-state index is 0.0796. The summed E-state index contributed by atoms with van der Waals surface area (Å²) < 4.78 is 13.4. The normalized spacial score (nSPS) is 11.8. The molecule has 0 bridgehead atoms. The summed E-state index contributed by atoms with van der Waals surface area (Å²) in [5, 5.41) is 0. The lowest BCUT2D eigenvalue weighted by atomic mass is 9.87. The minimum atomic E-state index is -0.206. The molecule has 0 heterocycles. The van der Waals surface area contributed by atoms with Crippen molar-refractivity contribution in [1.82, 2.24) is 0 Å². The van der Waals surface area contributed by atoms with Crippen LogP contribution in [0.5, 0.6) is 0 Å². The zero-order valence-electron chi connectivity index (χ0n) is 7.49. The second kappa shape index (κ2) is 3.17.